The second kappa shape index (κ2) is 9.76. The topological polar surface area (TPSA) is 50.4 Å². The van der Waals surface area contributed by atoms with E-state index in [0.717, 1.165) is 25.9 Å². The van der Waals surface area contributed by atoms with E-state index in [4.69, 9.17) is 16.3 Å². The van der Waals surface area contributed by atoms with Gasteiger partial charge in [-0.05, 0) is 37.6 Å². The fraction of sp³-hybridized carbons (Fsp3) is 0.316. The van der Waals surface area contributed by atoms with Gasteiger partial charge in [0.15, 0.2) is 0 Å². The molecule has 0 saturated carbocycles. The van der Waals surface area contributed by atoms with Gasteiger partial charge in [0.25, 0.3) is 5.91 Å². The molecule has 4 nitrogen and oxygen atoms in total. The Morgan fingerprint density at radius 2 is 2.04 bits per heavy atom. The van der Waals surface area contributed by atoms with Crippen LogP contribution in [-0.4, -0.2) is 25.0 Å². The molecule has 2 aromatic rings. The molecule has 1 aliphatic heterocycles. The molecule has 2 atom stereocenters. The first-order chi connectivity index (χ1) is 12.1. The lowest BCUT2D eigenvalue weighted by Gasteiger charge is -2.27. The van der Waals surface area contributed by atoms with Crippen LogP contribution >= 0.6 is 24.0 Å². The zero-order valence-corrected chi connectivity index (χ0v) is 15.7. The van der Waals surface area contributed by atoms with Crippen LogP contribution in [0.15, 0.2) is 48.5 Å². The first-order valence-corrected chi connectivity index (χ1v) is 8.69. The van der Waals surface area contributed by atoms with E-state index in [9.17, 15) is 9.18 Å². The lowest BCUT2D eigenvalue weighted by Crippen LogP contribution is -2.47. The zero-order chi connectivity index (χ0) is 17.6. The average Bonchev–Trinajstić information content (AvgIpc) is 2.62. The number of hydrogen-bond donors (Lipinski definition) is 2. The van der Waals surface area contributed by atoms with E-state index in [1.165, 1.54) is 18.2 Å². The summed E-state index contributed by atoms with van der Waals surface area (Å²) in [4.78, 5) is 12.8. The van der Waals surface area contributed by atoms with Crippen molar-refractivity contribution in [1.29, 1.82) is 0 Å². The highest BCUT2D eigenvalue weighted by atomic mass is 35.5. The Labute approximate surface area is 163 Å². The van der Waals surface area contributed by atoms with Crippen LogP contribution in [0.3, 0.4) is 0 Å². The zero-order valence-electron chi connectivity index (χ0n) is 14.1. The first-order valence-electron chi connectivity index (χ1n) is 8.31. The molecule has 0 radical (unpaired) electrons. The molecule has 2 N–H and O–H groups in total. The molecule has 1 saturated heterocycles. The van der Waals surface area contributed by atoms with E-state index in [1.807, 2.05) is 30.3 Å². The molecular weight excluding hydrogens is 378 g/mol. The Morgan fingerprint density at radius 1 is 1.27 bits per heavy atom. The van der Waals surface area contributed by atoms with E-state index in [-0.39, 0.29) is 35.1 Å². The Morgan fingerprint density at radius 3 is 2.69 bits per heavy atom. The van der Waals surface area contributed by atoms with Crippen molar-refractivity contribution in [2.24, 2.45) is 0 Å². The SMILES string of the molecule is Cl.O=C(N[C@H]1CCCNC1)C(Oc1ccc(F)cc1Cl)c1ccccc1. The van der Waals surface area contributed by atoms with Crippen molar-refractivity contribution in [3.8, 4) is 5.75 Å². The third-order valence-electron chi connectivity index (χ3n) is 4.12. The molecule has 3 rings (SSSR count). The van der Waals surface area contributed by atoms with Gasteiger partial charge < -0.3 is 15.4 Å². The number of nitrogens with one attached hydrogen (secondary N) is 2. The van der Waals surface area contributed by atoms with Crippen molar-refractivity contribution in [1.82, 2.24) is 10.6 Å². The van der Waals surface area contributed by atoms with Crippen LogP contribution in [0, 0.1) is 5.82 Å². The van der Waals surface area contributed by atoms with Crippen LogP contribution in [-0.2, 0) is 4.79 Å². The predicted octanol–water partition coefficient (Wildman–Crippen LogP) is 3.89. The average molecular weight is 399 g/mol. The number of carbonyl (C=O) groups excluding carboxylic acids is 1. The highest BCUT2D eigenvalue weighted by molar-refractivity contribution is 6.32. The molecule has 1 unspecified atom stereocenters. The van der Waals surface area contributed by atoms with E-state index in [2.05, 4.69) is 10.6 Å². The number of halogens is 3. The summed E-state index contributed by atoms with van der Waals surface area (Å²) in [7, 11) is 0. The fourth-order valence-corrected chi connectivity index (χ4v) is 3.06. The van der Waals surface area contributed by atoms with Gasteiger partial charge in [0.05, 0.1) is 5.02 Å². The van der Waals surface area contributed by atoms with Crippen LogP contribution in [0.4, 0.5) is 4.39 Å². The van der Waals surface area contributed by atoms with Crippen molar-refractivity contribution >= 4 is 29.9 Å². The third-order valence-corrected chi connectivity index (χ3v) is 4.42. The second-order valence-corrected chi connectivity index (χ2v) is 6.44. The monoisotopic (exact) mass is 398 g/mol. The van der Waals surface area contributed by atoms with Gasteiger partial charge >= 0.3 is 0 Å². The highest BCUT2D eigenvalue weighted by Crippen LogP contribution is 2.30. The Kier molecular flexibility index (Phi) is 7.69. The van der Waals surface area contributed by atoms with Crippen LogP contribution < -0.4 is 15.4 Å². The standard InChI is InChI=1S/C19H20ClFN2O2.ClH/c20-16-11-14(21)8-9-17(16)25-18(13-5-2-1-3-6-13)19(24)23-15-7-4-10-22-12-15;/h1-3,5-6,8-9,11,15,18,22H,4,7,10,12H2,(H,23,24);1H/t15-,18?;/m0./s1. The molecule has 0 aromatic heterocycles. The molecule has 1 heterocycles. The normalized spacial score (nSPS) is 17.7. The summed E-state index contributed by atoms with van der Waals surface area (Å²) in [6, 6.07) is 13.1. The molecule has 0 bridgehead atoms. The number of carbonyl (C=O) groups is 1. The molecule has 140 valence electrons. The molecule has 2 aromatic carbocycles. The molecule has 0 aliphatic carbocycles. The maximum atomic E-state index is 13.2. The number of benzene rings is 2. The largest absolute Gasteiger partial charge is 0.474 e. The fourth-order valence-electron chi connectivity index (χ4n) is 2.85. The van der Waals surface area contributed by atoms with E-state index >= 15 is 0 Å². The Balaban J connectivity index is 0.00000243. The summed E-state index contributed by atoms with van der Waals surface area (Å²) in [5, 5.41) is 6.42. The summed E-state index contributed by atoms with van der Waals surface area (Å²) in [5.41, 5.74) is 0.712. The van der Waals surface area contributed by atoms with Gasteiger partial charge in [-0.15, -0.1) is 12.4 Å². The highest BCUT2D eigenvalue weighted by Gasteiger charge is 2.26. The van der Waals surface area contributed by atoms with Crippen molar-refractivity contribution in [2.45, 2.75) is 25.0 Å². The molecule has 0 spiro atoms. The van der Waals surface area contributed by atoms with Gasteiger partial charge in [-0.3, -0.25) is 4.79 Å². The van der Waals surface area contributed by atoms with Gasteiger partial charge in [0.2, 0.25) is 6.10 Å². The molecule has 1 aliphatic rings. The van der Waals surface area contributed by atoms with Gasteiger partial charge in [0.1, 0.15) is 11.6 Å². The van der Waals surface area contributed by atoms with Crippen LogP contribution in [0.25, 0.3) is 0 Å². The Hall–Kier alpha value is -1.82. The molecular formula is C19H21Cl2FN2O2. The quantitative estimate of drug-likeness (QED) is 0.802. The summed E-state index contributed by atoms with van der Waals surface area (Å²) in [5.74, 6) is -0.416. The maximum absolute atomic E-state index is 13.2. The van der Waals surface area contributed by atoms with Gasteiger partial charge in [-0.25, -0.2) is 4.39 Å². The third kappa shape index (κ3) is 5.34. The lowest BCUT2D eigenvalue weighted by atomic mass is 10.1. The number of rotatable bonds is 5. The van der Waals surface area contributed by atoms with Crippen molar-refractivity contribution in [2.75, 3.05) is 13.1 Å². The van der Waals surface area contributed by atoms with E-state index in [1.54, 1.807) is 0 Å². The van der Waals surface area contributed by atoms with E-state index < -0.39 is 11.9 Å². The first kappa shape index (κ1) is 20.5. The van der Waals surface area contributed by atoms with Crippen LogP contribution in [0.1, 0.15) is 24.5 Å². The summed E-state index contributed by atoms with van der Waals surface area (Å²) < 4.78 is 19.1. The van der Waals surface area contributed by atoms with Gasteiger partial charge in [-0.2, -0.15) is 0 Å². The molecule has 26 heavy (non-hydrogen) atoms. The smallest absolute Gasteiger partial charge is 0.266 e. The van der Waals surface area contributed by atoms with Crippen molar-refractivity contribution in [3.05, 3.63) is 64.9 Å². The van der Waals surface area contributed by atoms with E-state index in [0.29, 0.717) is 5.56 Å². The number of amides is 1. The molecule has 1 amide bonds. The van der Waals surface area contributed by atoms with Crippen LogP contribution in [0.5, 0.6) is 5.75 Å². The lowest BCUT2D eigenvalue weighted by molar-refractivity contribution is -0.129. The van der Waals surface area contributed by atoms with Crippen LogP contribution in [0.2, 0.25) is 5.02 Å². The minimum atomic E-state index is -0.855. The number of ether oxygens (including phenoxy) is 1. The van der Waals surface area contributed by atoms with Gasteiger partial charge in [-0.1, -0.05) is 41.9 Å². The maximum Gasteiger partial charge on any atom is 0.266 e. The number of hydrogen-bond acceptors (Lipinski definition) is 3. The minimum Gasteiger partial charge on any atom is -0.474 e. The number of piperidine rings is 1. The van der Waals surface area contributed by atoms with Gasteiger partial charge in [0, 0.05) is 18.2 Å². The second-order valence-electron chi connectivity index (χ2n) is 6.04. The predicted molar refractivity (Wildman–Crippen MR) is 103 cm³/mol. The Bertz CT molecular complexity index is 725. The summed E-state index contributed by atoms with van der Waals surface area (Å²) in [6.07, 6.45) is 1.09. The van der Waals surface area contributed by atoms with Crippen molar-refractivity contribution in [3.63, 3.8) is 0 Å². The molecule has 7 heteroatoms. The van der Waals surface area contributed by atoms with Crippen molar-refractivity contribution < 1.29 is 13.9 Å². The minimum absolute atomic E-state index is 0. The molecule has 1 fully saturated rings. The summed E-state index contributed by atoms with van der Waals surface area (Å²) >= 11 is 6.05. The summed E-state index contributed by atoms with van der Waals surface area (Å²) in [6.45, 7) is 1.71.